The smallest absolute Gasteiger partial charge is 0.138 e. The molecule has 0 radical (unpaired) electrons. The molecule has 5 heteroatoms. The third kappa shape index (κ3) is 3.13. The number of nitrogens with one attached hydrogen (secondary N) is 2. The molecule has 1 aromatic carbocycles. The van der Waals surface area contributed by atoms with Gasteiger partial charge < -0.3 is 15.5 Å². The summed E-state index contributed by atoms with van der Waals surface area (Å²) in [6, 6.07) is 10.1. The second kappa shape index (κ2) is 6.04. The van der Waals surface area contributed by atoms with Crippen molar-refractivity contribution in [1.29, 1.82) is 0 Å². The van der Waals surface area contributed by atoms with Crippen LogP contribution in [0.3, 0.4) is 0 Å². The second-order valence-corrected chi connectivity index (χ2v) is 4.15. The summed E-state index contributed by atoms with van der Waals surface area (Å²) in [5.74, 6) is 1.70. The molecule has 0 saturated carbocycles. The molecule has 0 aliphatic carbocycles. The van der Waals surface area contributed by atoms with Gasteiger partial charge in [-0.3, -0.25) is 0 Å². The highest BCUT2D eigenvalue weighted by atomic mass is 15.2. The Morgan fingerprint density at radius 1 is 1.21 bits per heavy atom. The summed E-state index contributed by atoms with van der Waals surface area (Å²) in [6.07, 6.45) is 1.58. The molecule has 0 saturated heterocycles. The van der Waals surface area contributed by atoms with Crippen molar-refractivity contribution in [3.05, 3.63) is 36.7 Å². The molecule has 0 amide bonds. The van der Waals surface area contributed by atoms with Crippen LogP contribution < -0.4 is 15.5 Å². The zero-order valence-corrected chi connectivity index (χ0v) is 11.5. The molecule has 0 aliphatic rings. The second-order valence-electron chi connectivity index (χ2n) is 4.15. The molecule has 2 rings (SSSR count). The van der Waals surface area contributed by atoms with Crippen LogP contribution >= 0.6 is 0 Å². The number of aromatic nitrogens is 2. The van der Waals surface area contributed by atoms with Crippen LogP contribution in [0.1, 0.15) is 6.92 Å². The van der Waals surface area contributed by atoms with E-state index < -0.39 is 0 Å². The fourth-order valence-corrected chi connectivity index (χ4v) is 1.81. The Morgan fingerprint density at radius 2 is 2.05 bits per heavy atom. The zero-order valence-electron chi connectivity index (χ0n) is 11.5. The zero-order chi connectivity index (χ0) is 13.7. The Morgan fingerprint density at radius 3 is 2.79 bits per heavy atom. The minimum absolute atomic E-state index is 0.837. The number of rotatable bonds is 5. The molecule has 2 aromatic rings. The number of hydrogen-bond donors (Lipinski definition) is 2. The van der Waals surface area contributed by atoms with E-state index in [0.29, 0.717) is 0 Å². The van der Waals surface area contributed by atoms with Crippen molar-refractivity contribution in [2.24, 2.45) is 0 Å². The van der Waals surface area contributed by atoms with Crippen molar-refractivity contribution in [3.8, 4) is 0 Å². The average Bonchev–Trinajstić information content (AvgIpc) is 2.47. The molecule has 5 nitrogen and oxygen atoms in total. The minimum atomic E-state index is 0.837. The molecular formula is C14H19N5. The summed E-state index contributed by atoms with van der Waals surface area (Å²) in [7, 11) is 3.90. The molecule has 0 atom stereocenters. The van der Waals surface area contributed by atoms with Crippen LogP contribution in [0.2, 0.25) is 0 Å². The van der Waals surface area contributed by atoms with Crippen molar-refractivity contribution in [1.82, 2.24) is 9.97 Å². The largest absolute Gasteiger partial charge is 0.388 e. The van der Waals surface area contributed by atoms with E-state index in [1.807, 2.05) is 44.1 Å². The van der Waals surface area contributed by atoms with E-state index in [0.717, 1.165) is 29.6 Å². The summed E-state index contributed by atoms with van der Waals surface area (Å²) in [5.41, 5.74) is 2.15. The highest BCUT2D eigenvalue weighted by Crippen LogP contribution is 2.25. The molecule has 0 spiro atoms. The summed E-state index contributed by atoms with van der Waals surface area (Å²) in [5, 5.41) is 6.32. The highest BCUT2D eigenvalue weighted by molar-refractivity contribution is 5.65. The quantitative estimate of drug-likeness (QED) is 0.862. The SMILES string of the molecule is CCNc1cc(N(C)c2cccc(NC)c2)ncn1. The van der Waals surface area contributed by atoms with E-state index in [4.69, 9.17) is 0 Å². The highest BCUT2D eigenvalue weighted by Gasteiger charge is 2.07. The van der Waals surface area contributed by atoms with Gasteiger partial charge in [0.05, 0.1) is 0 Å². The number of nitrogens with zero attached hydrogens (tertiary/aromatic N) is 3. The molecule has 2 N–H and O–H groups in total. The predicted molar refractivity (Wildman–Crippen MR) is 80.2 cm³/mol. The van der Waals surface area contributed by atoms with Crippen LogP contribution in [0.5, 0.6) is 0 Å². The van der Waals surface area contributed by atoms with Crippen LogP contribution in [0.25, 0.3) is 0 Å². The maximum atomic E-state index is 4.31. The lowest BCUT2D eigenvalue weighted by molar-refractivity contribution is 1.06. The summed E-state index contributed by atoms with van der Waals surface area (Å²) >= 11 is 0. The standard InChI is InChI=1S/C14H19N5/c1-4-16-13-9-14(18-10-17-13)19(3)12-7-5-6-11(8-12)15-2/h5-10,15H,4H2,1-3H3,(H,16,17,18). The first-order valence-electron chi connectivity index (χ1n) is 6.32. The molecule has 0 unspecified atom stereocenters. The first-order valence-corrected chi connectivity index (χ1v) is 6.32. The maximum absolute atomic E-state index is 4.31. The lowest BCUT2D eigenvalue weighted by atomic mass is 10.2. The van der Waals surface area contributed by atoms with Crippen molar-refractivity contribution < 1.29 is 0 Å². The van der Waals surface area contributed by atoms with Crippen LogP contribution in [-0.2, 0) is 0 Å². The Balaban J connectivity index is 2.27. The van der Waals surface area contributed by atoms with Gasteiger partial charge in [0.1, 0.15) is 18.0 Å². The minimum Gasteiger partial charge on any atom is -0.388 e. The molecule has 100 valence electrons. The molecule has 1 aromatic heterocycles. The van der Waals surface area contributed by atoms with Gasteiger partial charge in [0.2, 0.25) is 0 Å². The number of benzene rings is 1. The maximum Gasteiger partial charge on any atom is 0.138 e. The summed E-state index contributed by atoms with van der Waals surface area (Å²) in [6.45, 7) is 2.89. The van der Waals surface area contributed by atoms with E-state index in [2.05, 4.69) is 32.7 Å². The molecule has 0 aliphatic heterocycles. The Bertz CT molecular complexity index is 541. The van der Waals surface area contributed by atoms with E-state index in [1.54, 1.807) is 6.33 Å². The summed E-state index contributed by atoms with van der Waals surface area (Å²) in [4.78, 5) is 10.5. The van der Waals surface area contributed by atoms with Crippen LogP contribution in [0, 0.1) is 0 Å². The van der Waals surface area contributed by atoms with Crippen LogP contribution in [0.15, 0.2) is 36.7 Å². The fourth-order valence-electron chi connectivity index (χ4n) is 1.81. The van der Waals surface area contributed by atoms with Gasteiger partial charge in [0, 0.05) is 38.1 Å². The molecule has 0 bridgehead atoms. The lowest BCUT2D eigenvalue weighted by Crippen LogP contribution is -2.12. The molecular weight excluding hydrogens is 238 g/mol. The topological polar surface area (TPSA) is 53.1 Å². The van der Waals surface area contributed by atoms with E-state index in [9.17, 15) is 0 Å². The van der Waals surface area contributed by atoms with E-state index in [-0.39, 0.29) is 0 Å². The van der Waals surface area contributed by atoms with Gasteiger partial charge in [-0.15, -0.1) is 0 Å². The average molecular weight is 257 g/mol. The monoisotopic (exact) mass is 257 g/mol. The van der Waals surface area contributed by atoms with Crippen molar-refractivity contribution in [2.75, 3.05) is 36.2 Å². The van der Waals surface area contributed by atoms with E-state index >= 15 is 0 Å². The number of anilines is 4. The van der Waals surface area contributed by atoms with Gasteiger partial charge in [0.25, 0.3) is 0 Å². The molecule has 0 fully saturated rings. The first kappa shape index (κ1) is 13.1. The van der Waals surface area contributed by atoms with Crippen molar-refractivity contribution in [2.45, 2.75) is 6.92 Å². The fraction of sp³-hybridized carbons (Fsp3) is 0.286. The van der Waals surface area contributed by atoms with Gasteiger partial charge in [-0.25, -0.2) is 9.97 Å². The van der Waals surface area contributed by atoms with Gasteiger partial charge >= 0.3 is 0 Å². The normalized spacial score (nSPS) is 10.1. The van der Waals surface area contributed by atoms with Gasteiger partial charge in [-0.2, -0.15) is 0 Å². The number of hydrogen-bond acceptors (Lipinski definition) is 5. The van der Waals surface area contributed by atoms with Crippen LogP contribution in [-0.4, -0.2) is 30.6 Å². The Labute approximate surface area is 113 Å². The van der Waals surface area contributed by atoms with Crippen molar-refractivity contribution in [3.63, 3.8) is 0 Å². The summed E-state index contributed by atoms with van der Waals surface area (Å²) < 4.78 is 0. The predicted octanol–water partition coefficient (Wildman–Crippen LogP) is 2.72. The van der Waals surface area contributed by atoms with Gasteiger partial charge in [-0.1, -0.05) is 6.07 Å². The van der Waals surface area contributed by atoms with Crippen molar-refractivity contribution >= 4 is 23.0 Å². The first-order chi connectivity index (χ1) is 9.24. The molecule has 1 heterocycles. The third-order valence-electron chi connectivity index (χ3n) is 2.88. The Hall–Kier alpha value is -2.30. The van der Waals surface area contributed by atoms with Crippen LogP contribution in [0.4, 0.5) is 23.0 Å². The Kier molecular flexibility index (Phi) is 4.18. The van der Waals surface area contributed by atoms with Gasteiger partial charge in [-0.05, 0) is 25.1 Å². The van der Waals surface area contributed by atoms with Gasteiger partial charge in [0.15, 0.2) is 0 Å². The lowest BCUT2D eigenvalue weighted by Gasteiger charge is -2.19. The molecule has 19 heavy (non-hydrogen) atoms. The third-order valence-corrected chi connectivity index (χ3v) is 2.88. The van der Waals surface area contributed by atoms with E-state index in [1.165, 1.54) is 0 Å².